The van der Waals surface area contributed by atoms with Crippen LogP contribution in [0.15, 0.2) is 291 Å². The molecule has 128 heavy (non-hydrogen) atoms. The minimum absolute atomic E-state index is 0.0829. The lowest BCUT2D eigenvalue weighted by atomic mass is 9.89. The van der Waals surface area contributed by atoms with Crippen LogP contribution in [0.5, 0.6) is 0 Å². The van der Waals surface area contributed by atoms with Gasteiger partial charge in [0, 0.05) is 159 Å². The van der Waals surface area contributed by atoms with E-state index in [0.717, 1.165) is 55.7 Å². The number of benzene rings is 16. The van der Waals surface area contributed by atoms with Crippen LogP contribution in [0, 0.1) is 22.7 Å². The molecular formula is C106H60F12N10. The van der Waals surface area contributed by atoms with Gasteiger partial charge in [0.1, 0.15) is 0 Å². The molecule has 0 bridgehead atoms. The second kappa shape index (κ2) is 26.3. The van der Waals surface area contributed by atoms with Gasteiger partial charge in [-0.2, -0.15) is 63.2 Å². The lowest BCUT2D eigenvalue weighted by Gasteiger charge is -2.26. The Morgan fingerprint density at radius 2 is 0.477 bits per heavy atom. The molecule has 24 rings (SSSR count). The molecule has 0 spiro atoms. The smallest absolute Gasteiger partial charge is 0.344 e. The zero-order chi connectivity index (χ0) is 87.7. The van der Waals surface area contributed by atoms with E-state index < -0.39 is 69.2 Å². The number of fused-ring (bicyclic) bond motifs is 28. The molecule has 8 aromatic heterocycles. The number of hydrogen-bond donors (Lipinski definition) is 0. The zero-order valence-corrected chi connectivity index (χ0v) is 67.7. The quantitative estimate of drug-likeness (QED) is 0.149. The minimum atomic E-state index is -5.41. The summed E-state index contributed by atoms with van der Waals surface area (Å²) in [6, 6.07) is 85.2. The van der Waals surface area contributed by atoms with E-state index in [2.05, 4.69) is 12.1 Å². The van der Waals surface area contributed by atoms with Crippen LogP contribution in [-0.4, -0.2) is 36.5 Å². The Hall–Kier alpha value is -15.9. The van der Waals surface area contributed by atoms with Gasteiger partial charge in [0.05, 0.1) is 134 Å². The molecule has 0 saturated carbocycles. The molecule has 0 aliphatic carbocycles. The summed E-state index contributed by atoms with van der Waals surface area (Å²) >= 11 is 0. The fraction of sp³-hybridized carbons (Fsp3) is 0.0755. The molecule has 24 aromatic rings. The topological polar surface area (TPSA) is 87.0 Å². The van der Waals surface area contributed by atoms with E-state index in [-0.39, 0.29) is 33.9 Å². The Bertz CT molecular complexity index is 9180. The highest BCUT2D eigenvalue weighted by molar-refractivity contribution is 6.30. The molecule has 0 atom stereocenters. The number of rotatable bonds is 7. The second-order valence-electron chi connectivity index (χ2n) is 33.0. The Kier molecular flexibility index (Phi) is 15.6. The van der Waals surface area contributed by atoms with Gasteiger partial charge in [0.2, 0.25) is 0 Å². The summed E-state index contributed by atoms with van der Waals surface area (Å²) in [4.78, 5) is 0. The molecule has 618 valence electrons. The maximum atomic E-state index is 16.6. The SMILES string of the molecule is Cn1c2ccccc2c2c1ccc1c3ccccc3n(-c3cc(C#N)cc(-n4c5ccccc5c5ccc6c(c7ccc(-c8ccc9c(c8)c8ccc%10c%11ccccc%11n(C)c%10c8n9-c8cc(C#N)cc(-n9c%10ccccc%10c%10ccc%11c%12ccccc%12n(C)c%11c%109)c8-c8c(C(F)(F)F)cccc8C(F)(F)F)cc7n6C)c54)c3-c3c(C(F)(F)F)cccc3C(F)(F)F)c12. The van der Waals surface area contributed by atoms with Crippen molar-refractivity contribution in [2.75, 3.05) is 0 Å². The van der Waals surface area contributed by atoms with Crippen molar-refractivity contribution in [2.24, 2.45) is 28.2 Å². The highest BCUT2D eigenvalue weighted by Gasteiger charge is 2.46. The van der Waals surface area contributed by atoms with Gasteiger partial charge in [-0.25, -0.2) is 0 Å². The first-order chi connectivity index (χ1) is 61.7. The predicted molar refractivity (Wildman–Crippen MR) is 485 cm³/mol. The van der Waals surface area contributed by atoms with Crippen molar-refractivity contribution in [3.8, 4) is 68.3 Å². The van der Waals surface area contributed by atoms with E-state index >= 15 is 52.7 Å². The molecule has 8 heterocycles. The van der Waals surface area contributed by atoms with Crippen molar-refractivity contribution in [3.63, 3.8) is 0 Å². The fourth-order valence-electron chi connectivity index (χ4n) is 21.4. The summed E-state index contributed by atoms with van der Waals surface area (Å²) in [5, 5.41) is 33.6. The number of alkyl halides is 12. The van der Waals surface area contributed by atoms with E-state index in [1.54, 1.807) is 66.8 Å². The molecular weight excluding hydrogens is 1640 g/mol. The Balaban J connectivity index is 0.792. The van der Waals surface area contributed by atoms with Crippen molar-refractivity contribution in [1.29, 1.82) is 10.5 Å². The molecule has 0 aliphatic heterocycles. The number of aryl methyl sites for hydroxylation is 4. The molecule has 22 heteroatoms. The maximum absolute atomic E-state index is 16.6. The second-order valence-corrected chi connectivity index (χ2v) is 33.0. The standard InChI is InChI=1S/C106H60F12N10/c1-121-79-31-13-10-24-70(79)91-84(121)45-42-64-61-21-7-14-32-80(61)125(97(64)91)87-47-55(53-119)48-88(95(87)93-73(103(107,108)109)25-17-26-74(93)104(110,111)112)126-81-33-15-8-22-62(81)65-43-46-85-92(98(65)126)71-37-35-58(52-86(71)122(85)2)57-36-44-83-72(51-57)69-41-39-67-60-20-6-12-30-78(60)124(4)100(67)102(69)128(83)90-50-56(54-120)49-89(96(90)94-75(105(113,114)115)27-18-28-76(94)106(116,117)118)127-82-34-16-9-23-63(82)68-40-38-66-59-19-5-11-29-77(59)123(3)99(66)101(68)127/h5-52H,1-4H3. The highest BCUT2D eigenvalue weighted by Crippen LogP contribution is 2.57. The lowest BCUT2D eigenvalue weighted by molar-refractivity contribution is -0.143. The zero-order valence-electron chi connectivity index (χ0n) is 67.7. The van der Waals surface area contributed by atoms with Crippen LogP contribution < -0.4 is 0 Å². The van der Waals surface area contributed by atoms with Gasteiger partial charge in [-0.3, -0.25) is 0 Å². The molecule has 0 radical (unpaired) electrons. The summed E-state index contributed by atoms with van der Waals surface area (Å²) in [6.45, 7) is 0. The van der Waals surface area contributed by atoms with Crippen LogP contribution in [0.2, 0.25) is 0 Å². The van der Waals surface area contributed by atoms with Crippen molar-refractivity contribution >= 4 is 174 Å². The van der Waals surface area contributed by atoms with Crippen LogP contribution in [0.3, 0.4) is 0 Å². The maximum Gasteiger partial charge on any atom is 0.417 e. The van der Waals surface area contributed by atoms with Gasteiger partial charge in [-0.05, 0) is 126 Å². The molecule has 0 saturated heterocycles. The van der Waals surface area contributed by atoms with Gasteiger partial charge in [0.15, 0.2) is 0 Å². The third kappa shape index (κ3) is 10.3. The van der Waals surface area contributed by atoms with Gasteiger partial charge >= 0.3 is 24.7 Å². The summed E-state index contributed by atoms with van der Waals surface area (Å²) in [7, 11) is 7.44. The van der Waals surface area contributed by atoms with E-state index in [1.807, 2.05) is 228 Å². The number of halogens is 12. The first-order valence-electron chi connectivity index (χ1n) is 41.1. The Morgan fingerprint density at radius 1 is 0.211 bits per heavy atom. The van der Waals surface area contributed by atoms with Crippen LogP contribution in [0.25, 0.3) is 231 Å². The third-order valence-corrected chi connectivity index (χ3v) is 26.6. The molecule has 0 unspecified atom stereocenters. The summed E-state index contributed by atoms with van der Waals surface area (Å²) in [5.74, 6) is 0. The monoisotopic (exact) mass is 1700 g/mol. The molecule has 16 aromatic carbocycles. The molecule has 0 fully saturated rings. The summed E-state index contributed by atoms with van der Waals surface area (Å²) in [6.07, 6.45) is -21.6. The Morgan fingerprint density at radius 3 is 0.859 bits per heavy atom. The van der Waals surface area contributed by atoms with E-state index in [9.17, 15) is 10.5 Å². The van der Waals surface area contributed by atoms with E-state index in [1.165, 1.54) is 24.3 Å². The van der Waals surface area contributed by atoms with Crippen molar-refractivity contribution in [1.82, 2.24) is 36.5 Å². The minimum Gasteiger partial charge on any atom is -0.344 e. The lowest BCUT2D eigenvalue weighted by Crippen LogP contribution is -2.16. The predicted octanol–water partition coefficient (Wildman–Crippen LogP) is 29.5. The number of aromatic nitrogens is 8. The summed E-state index contributed by atoms with van der Waals surface area (Å²) < 4.78 is 214. The number of para-hydroxylation sites is 6. The van der Waals surface area contributed by atoms with Gasteiger partial charge in [-0.1, -0.05) is 176 Å². The molecule has 0 aliphatic rings. The van der Waals surface area contributed by atoms with Gasteiger partial charge < -0.3 is 36.5 Å². The van der Waals surface area contributed by atoms with E-state index in [4.69, 9.17) is 0 Å². The van der Waals surface area contributed by atoms with Crippen LogP contribution >= 0.6 is 0 Å². The molecule has 10 nitrogen and oxygen atoms in total. The van der Waals surface area contributed by atoms with Gasteiger partial charge in [-0.15, -0.1) is 0 Å². The number of nitrogens with zero attached hydrogens (tertiary/aromatic N) is 10. The Labute approximate surface area is 716 Å². The van der Waals surface area contributed by atoms with Crippen LogP contribution in [-0.2, 0) is 52.9 Å². The largest absolute Gasteiger partial charge is 0.417 e. The van der Waals surface area contributed by atoms with Crippen LogP contribution in [0.1, 0.15) is 33.4 Å². The third-order valence-electron chi connectivity index (χ3n) is 26.6. The normalized spacial score (nSPS) is 12.8. The highest BCUT2D eigenvalue weighted by atomic mass is 19.4. The molecule has 0 amide bonds. The van der Waals surface area contributed by atoms with Crippen molar-refractivity contribution in [3.05, 3.63) is 325 Å². The van der Waals surface area contributed by atoms with Crippen molar-refractivity contribution in [2.45, 2.75) is 24.7 Å². The summed E-state index contributed by atoms with van der Waals surface area (Å²) in [5.41, 5.74) is -0.357. The molecule has 0 N–H and O–H groups in total. The van der Waals surface area contributed by atoms with E-state index in [0.29, 0.717) is 166 Å². The van der Waals surface area contributed by atoms with Crippen molar-refractivity contribution < 1.29 is 52.7 Å². The average Bonchev–Trinajstić information content (AvgIpc) is 1.49. The first kappa shape index (κ1) is 75.8. The number of hydrogen-bond acceptors (Lipinski definition) is 2. The van der Waals surface area contributed by atoms with Gasteiger partial charge in [0.25, 0.3) is 0 Å². The van der Waals surface area contributed by atoms with Crippen LogP contribution in [0.4, 0.5) is 52.7 Å². The fourth-order valence-corrected chi connectivity index (χ4v) is 21.4. The number of nitriles is 2. The average molecular weight is 1700 g/mol. The first-order valence-corrected chi connectivity index (χ1v) is 41.1.